The number of halogens is 1. The molecule has 4 nitrogen and oxygen atoms in total. The first-order valence-corrected chi connectivity index (χ1v) is 6.58. The van der Waals surface area contributed by atoms with Crippen LogP contribution in [0.5, 0.6) is 0 Å². The first-order valence-electron chi connectivity index (χ1n) is 6.20. The van der Waals surface area contributed by atoms with Gasteiger partial charge in [0.2, 0.25) is 0 Å². The number of rotatable bonds is 2. The molecule has 1 spiro atoms. The Morgan fingerprint density at radius 3 is 2.84 bits per heavy atom. The summed E-state index contributed by atoms with van der Waals surface area (Å²) in [4.78, 5) is 14.2. The smallest absolute Gasteiger partial charge is 0.292 e. The summed E-state index contributed by atoms with van der Waals surface area (Å²) in [6, 6.07) is 5.38. The monoisotopic (exact) mass is 279 g/mol. The predicted octanol–water partition coefficient (Wildman–Crippen LogP) is 2.46. The molecule has 2 aliphatic rings. The summed E-state index contributed by atoms with van der Waals surface area (Å²) in [5.74, 6) is -1.54. The average Bonchev–Trinajstić information content (AvgIpc) is 2.65. The quantitative estimate of drug-likeness (QED) is 0.781. The van der Waals surface area contributed by atoms with Crippen LogP contribution in [0.1, 0.15) is 12.0 Å². The van der Waals surface area contributed by atoms with Gasteiger partial charge in [-0.3, -0.25) is 4.79 Å². The minimum atomic E-state index is -1.32. The zero-order valence-corrected chi connectivity index (χ0v) is 11.2. The second kappa shape index (κ2) is 4.63. The van der Waals surface area contributed by atoms with E-state index in [-0.39, 0.29) is 5.91 Å². The standard InChI is InChI=1S/C14H14ClNO3/c1-2-7-16-12-10(5-3-6-11(12)15)14(13(16)17)18-8-4-9-19-14/h2-3,5-6H,1,4,7-9H2. The van der Waals surface area contributed by atoms with Crippen LogP contribution in [0.4, 0.5) is 5.69 Å². The average molecular weight is 280 g/mol. The summed E-state index contributed by atoms with van der Waals surface area (Å²) >= 11 is 6.23. The molecule has 19 heavy (non-hydrogen) atoms. The number of carbonyl (C=O) groups excluding carboxylic acids is 1. The molecule has 1 fully saturated rings. The van der Waals surface area contributed by atoms with E-state index in [0.717, 1.165) is 6.42 Å². The Hall–Kier alpha value is -1.36. The summed E-state index contributed by atoms with van der Waals surface area (Å²) < 4.78 is 11.4. The van der Waals surface area contributed by atoms with Gasteiger partial charge >= 0.3 is 0 Å². The Balaban J connectivity index is 2.17. The zero-order chi connectivity index (χ0) is 13.5. The van der Waals surface area contributed by atoms with Crippen LogP contribution in [0, 0.1) is 0 Å². The fourth-order valence-corrected chi connectivity index (χ4v) is 2.84. The number of carbonyl (C=O) groups is 1. The lowest BCUT2D eigenvalue weighted by Crippen LogP contribution is -2.47. The first kappa shape index (κ1) is 12.7. The summed E-state index contributed by atoms with van der Waals surface area (Å²) in [6.45, 7) is 5.05. The lowest BCUT2D eigenvalue weighted by molar-refractivity contribution is -0.256. The Bertz CT molecular complexity index is 537. The van der Waals surface area contributed by atoms with E-state index < -0.39 is 5.79 Å². The van der Waals surface area contributed by atoms with Crippen molar-refractivity contribution >= 4 is 23.2 Å². The van der Waals surface area contributed by atoms with Crippen LogP contribution < -0.4 is 4.90 Å². The molecule has 1 aromatic carbocycles. The second-order valence-electron chi connectivity index (χ2n) is 4.51. The van der Waals surface area contributed by atoms with Gasteiger partial charge in [-0.15, -0.1) is 6.58 Å². The van der Waals surface area contributed by atoms with Gasteiger partial charge in [-0.25, -0.2) is 0 Å². The van der Waals surface area contributed by atoms with E-state index in [9.17, 15) is 4.79 Å². The maximum absolute atomic E-state index is 12.7. The molecule has 1 aromatic rings. The normalized spacial score (nSPS) is 20.7. The predicted molar refractivity (Wildman–Crippen MR) is 72.2 cm³/mol. The molecule has 0 aromatic heterocycles. The molecule has 1 saturated heterocycles. The van der Waals surface area contributed by atoms with Gasteiger partial charge in [-0.1, -0.05) is 29.8 Å². The van der Waals surface area contributed by atoms with Crippen molar-refractivity contribution in [2.24, 2.45) is 0 Å². The van der Waals surface area contributed by atoms with Crippen molar-refractivity contribution in [2.75, 3.05) is 24.7 Å². The van der Waals surface area contributed by atoms with Gasteiger partial charge in [-0.2, -0.15) is 0 Å². The van der Waals surface area contributed by atoms with Gasteiger partial charge in [0.15, 0.2) is 0 Å². The number of nitrogens with zero attached hydrogens (tertiary/aromatic N) is 1. The Morgan fingerprint density at radius 1 is 1.42 bits per heavy atom. The van der Waals surface area contributed by atoms with E-state index in [4.69, 9.17) is 21.1 Å². The van der Waals surface area contributed by atoms with E-state index in [0.29, 0.717) is 36.0 Å². The number of fused-ring (bicyclic) bond motifs is 2. The van der Waals surface area contributed by atoms with E-state index in [2.05, 4.69) is 6.58 Å². The molecule has 0 unspecified atom stereocenters. The van der Waals surface area contributed by atoms with Crippen molar-refractivity contribution in [3.63, 3.8) is 0 Å². The van der Waals surface area contributed by atoms with Crippen LogP contribution in [-0.2, 0) is 20.1 Å². The molecule has 0 bridgehead atoms. The summed E-state index contributed by atoms with van der Waals surface area (Å²) in [5, 5.41) is 0.516. The summed E-state index contributed by atoms with van der Waals surface area (Å²) in [6.07, 6.45) is 2.44. The fourth-order valence-electron chi connectivity index (χ4n) is 2.56. The topological polar surface area (TPSA) is 38.8 Å². The minimum Gasteiger partial charge on any atom is -0.338 e. The van der Waals surface area contributed by atoms with Crippen LogP contribution >= 0.6 is 11.6 Å². The number of anilines is 1. The Labute approximate surface area is 116 Å². The largest absolute Gasteiger partial charge is 0.338 e. The molecule has 2 heterocycles. The number of amides is 1. The van der Waals surface area contributed by atoms with Crippen molar-refractivity contribution in [3.05, 3.63) is 41.4 Å². The third-order valence-electron chi connectivity index (χ3n) is 3.35. The number of benzene rings is 1. The molecule has 0 atom stereocenters. The van der Waals surface area contributed by atoms with Crippen LogP contribution in [0.15, 0.2) is 30.9 Å². The molecule has 0 saturated carbocycles. The summed E-state index contributed by atoms with van der Waals surface area (Å²) in [7, 11) is 0. The van der Waals surface area contributed by atoms with E-state index in [1.807, 2.05) is 6.07 Å². The molecule has 0 radical (unpaired) electrons. The zero-order valence-electron chi connectivity index (χ0n) is 10.4. The molecule has 3 rings (SSSR count). The lowest BCUT2D eigenvalue weighted by atomic mass is 10.1. The third-order valence-corrected chi connectivity index (χ3v) is 3.65. The third kappa shape index (κ3) is 1.71. The van der Waals surface area contributed by atoms with Gasteiger partial charge in [-0.05, 0) is 12.5 Å². The summed E-state index contributed by atoms with van der Waals surface area (Å²) in [5.41, 5.74) is 1.35. The van der Waals surface area contributed by atoms with Crippen molar-refractivity contribution in [1.29, 1.82) is 0 Å². The van der Waals surface area contributed by atoms with E-state index in [1.165, 1.54) is 0 Å². The highest BCUT2D eigenvalue weighted by Crippen LogP contribution is 2.47. The minimum absolute atomic E-state index is 0.227. The van der Waals surface area contributed by atoms with E-state index >= 15 is 0 Å². The molecular weight excluding hydrogens is 266 g/mol. The highest BCUT2D eigenvalue weighted by atomic mass is 35.5. The Morgan fingerprint density at radius 2 is 2.16 bits per heavy atom. The molecule has 1 amide bonds. The van der Waals surface area contributed by atoms with Crippen molar-refractivity contribution in [2.45, 2.75) is 12.2 Å². The van der Waals surface area contributed by atoms with Crippen LogP contribution in [0.3, 0.4) is 0 Å². The lowest BCUT2D eigenvalue weighted by Gasteiger charge is -2.32. The molecule has 100 valence electrons. The molecule has 2 aliphatic heterocycles. The highest BCUT2D eigenvalue weighted by molar-refractivity contribution is 6.35. The van der Waals surface area contributed by atoms with Crippen LogP contribution in [0.25, 0.3) is 0 Å². The molecular formula is C14H14ClNO3. The maximum atomic E-state index is 12.7. The maximum Gasteiger partial charge on any atom is 0.292 e. The van der Waals surface area contributed by atoms with E-state index in [1.54, 1.807) is 23.1 Å². The first-order chi connectivity index (χ1) is 9.20. The molecule has 0 N–H and O–H groups in total. The van der Waals surface area contributed by atoms with Crippen LogP contribution in [-0.4, -0.2) is 25.7 Å². The van der Waals surface area contributed by atoms with Gasteiger partial charge in [0.1, 0.15) is 0 Å². The van der Waals surface area contributed by atoms with Gasteiger partial charge < -0.3 is 14.4 Å². The van der Waals surface area contributed by atoms with Crippen molar-refractivity contribution in [3.8, 4) is 0 Å². The molecule has 0 aliphatic carbocycles. The number of hydrogen-bond acceptors (Lipinski definition) is 3. The number of para-hydroxylation sites is 1. The fraction of sp³-hybridized carbons (Fsp3) is 0.357. The highest BCUT2D eigenvalue weighted by Gasteiger charge is 2.55. The second-order valence-corrected chi connectivity index (χ2v) is 4.91. The van der Waals surface area contributed by atoms with Crippen LogP contribution in [0.2, 0.25) is 5.02 Å². The molecule has 5 heteroatoms. The Kier molecular flexibility index (Phi) is 3.09. The van der Waals surface area contributed by atoms with Crippen molar-refractivity contribution in [1.82, 2.24) is 0 Å². The van der Waals surface area contributed by atoms with Gasteiger partial charge in [0.25, 0.3) is 11.7 Å². The van der Waals surface area contributed by atoms with Gasteiger partial charge in [0, 0.05) is 12.1 Å². The van der Waals surface area contributed by atoms with Crippen molar-refractivity contribution < 1.29 is 14.3 Å². The number of hydrogen-bond donors (Lipinski definition) is 0. The van der Waals surface area contributed by atoms with Gasteiger partial charge in [0.05, 0.1) is 23.9 Å². The SMILES string of the molecule is C=CCN1C(=O)C2(OCCCO2)c2cccc(Cl)c21. The number of ether oxygens (including phenoxy) is 2.